The van der Waals surface area contributed by atoms with Gasteiger partial charge in [0, 0.05) is 52.3 Å². The number of aromatic nitrogens is 5. The van der Waals surface area contributed by atoms with E-state index in [4.69, 9.17) is 14.0 Å². The van der Waals surface area contributed by atoms with Crippen molar-refractivity contribution in [1.29, 1.82) is 0 Å². The van der Waals surface area contributed by atoms with Crippen LogP contribution in [-0.2, 0) is 24.4 Å². The number of hydrogen-bond donors (Lipinski definition) is 0. The molecule has 2 aliphatic heterocycles. The van der Waals surface area contributed by atoms with Crippen LogP contribution in [0.4, 0.5) is 0 Å². The Morgan fingerprint density at radius 2 is 1.76 bits per heavy atom. The van der Waals surface area contributed by atoms with E-state index in [2.05, 4.69) is 102 Å². The average molecular weight is 751 g/mol. The zero-order chi connectivity index (χ0) is 34.9. The van der Waals surface area contributed by atoms with E-state index in [1.807, 2.05) is 16.8 Å². The molecule has 51 heavy (non-hydrogen) atoms. The normalized spacial score (nSPS) is 15.4. The van der Waals surface area contributed by atoms with Crippen LogP contribution in [0.2, 0.25) is 0 Å². The van der Waals surface area contributed by atoms with E-state index in [1.54, 1.807) is 17.0 Å². The molecule has 3 aromatic heterocycles. The molecular weight excluding hydrogens is 714 g/mol. The summed E-state index contributed by atoms with van der Waals surface area (Å²) in [7, 11) is 1.33. The van der Waals surface area contributed by atoms with E-state index in [9.17, 15) is 9.59 Å². The van der Waals surface area contributed by atoms with Crippen molar-refractivity contribution in [3.63, 3.8) is 0 Å². The first kappa shape index (κ1) is 32.9. The smallest absolute Gasteiger partial charge is 0.341 e. The van der Waals surface area contributed by atoms with Gasteiger partial charge in [-0.3, -0.25) is 9.69 Å². The van der Waals surface area contributed by atoms with Crippen molar-refractivity contribution in [3.8, 4) is 17.0 Å². The highest BCUT2D eigenvalue weighted by Gasteiger charge is 2.28. The molecule has 13 heteroatoms. The van der Waals surface area contributed by atoms with E-state index in [-0.39, 0.29) is 30.8 Å². The molecule has 12 nitrogen and oxygen atoms in total. The van der Waals surface area contributed by atoms with Crippen LogP contribution in [0, 0.1) is 0 Å². The second kappa shape index (κ2) is 14.2. The number of nitrogens with zero attached hydrogens (tertiary/aromatic N) is 7. The zero-order valence-corrected chi connectivity index (χ0v) is 29.7. The first-order chi connectivity index (χ1) is 24.9. The van der Waals surface area contributed by atoms with Gasteiger partial charge in [-0.2, -0.15) is 0 Å². The fraction of sp³-hybridized carbons (Fsp3) is 0.289. The first-order valence-electron chi connectivity index (χ1n) is 17.0. The maximum Gasteiger partial charge on any atom is 0.341 e. The first-order valence-corrected chi connectivity index (χ1v) is 17.8. The number of likely N-dealkylation sites (tertiary alicyclic amines) is 1. The second-order valence-electron chi connectivity index (χ2n) is 12.9. The van der Waals surface area contributed by atoms with Crippen molar-refractivity contribution >= 4 is 38.7 Å². The van der Waals surface area contributed by atoms with Crippen molar-refractivity contribution in [2.45, 2.75) is 38.5 Å². The van der Waals surface area contributed by atoms with Crippen LogP contribution in [0.15, 0.2) is 94.1 Å². The summed E-state index contributed by atoms with van der Waals surface area (Å²) in [6, 6.07) is 26.6. The Balaban J connectivity index is 0.887. The number of para-hydroxylation sites is 1. The monoisotopic (exact) mass is 749 g/mol. The van der Waals surface area contributed by atoms with Gasteiger partial charge >= 0.3 is 5.97 Å². The summed E-state index contributed by atoms with van der Waals surface area (Å²) < 4.78 is 21.5. The van der Waals surface area contributed by atoms with Crippen molar-refractivity contribution in [2.24, 2.45) is 0 Å². The molecule has 0 radical (unpaired) electrons. The molecule has 1 amide bonds. The number of carbonyl (C=O) groups excluding carboxylic acids is 2. The molecule has 8 rings (SSSR count). The van der Waals surface area contributed by atoms with E-state index in [1.165, 1.54) is 23.6 Å². The standard InChI is InChI=1S/C38H36BrN7O5/c1-49-38(48)32-19-28(39)17-27-21-44(15-16-50-36(27)32)37(47)33-20-31(51-41-33)24-43-13-11-30(12-14-43)46-23-29(40-42-46)22-45-34-10-6-5-9-26(34)18-35(45)25-7-3-2-4-8-25/h2-10,17-20,23,30H,11-16,21-22,24H2,1H3. The molecular formula is C38H36BrN7O5. The summed E-state index contributed by atoms with van der Waals surface area (Å²) in [5.74, 6) is 0.307. The Morgan fingerprint density at radius 3 is 2.59 bits per heavy atom. The van der Waals surface area contributed by atoms with Gasteiger partial charge in [-0.25, -0.2) is 9.48 Å². The molecule has 260 valence electrons. The van der Waals surface area contributed by atoms with Gasteiger partial charge in [0.2, 0.25) is 0 Å². The third kappa shape index (κ3) is 6.78. The van der Waals surface area contributed by atoms with E-state index < -0.39 is 5.97 Å². The number of benzene rings is 3. The number of rotatable bonds is 8. The summed E-state index contributed by atoms with van der Waals surface area (Å²) in [4.78, 5) is 29.8. The topological polar surface area (TPSA) is 121 Å². The van der Waals surface area contributed by atoms with Gasteiger partial charge in [-0.1, -0.05) is 74.8 Å². The van der Waals surface area contributed by atoms with Crippen molar-refractivity contribution in [1.82, 2.24) is 34.5 Å². The predicted molar refractivity (Wildman–Crippen MR) is 192 cm³/mol. The van der Waals surface area contributed by atoms with Crippen LogP contribution in [0.3, 0.4) is 0 Å². The SMILES string of the molecule is COC(=O)c1cc(Br)cc2c1OCCN(C(=O)c1cc(CN3CCC(n4cc(Cn5c(-c6ccccc6)cc6ccccc65)nn4)CC3)on1)C2. The number of piperidine rings is 1. The van der Waals surface area contributed by atoms with Crippen molar-refractivity contribution < 1.29 is 23.6 Å². The minimum atomic E-state index is -0.497. The summed E-state index contributed by atoms with van der Waals surface area (Å²) in [5, 5.41) is 14.4. The summed E-state index contributed by atoms with van der Waals surface area (Å²) in [5.41, 5.74) is 5.68. The van der Waals surface area contributed by atoms with Gasteiger partial charge in [-0.05, 0) is 42.7 Å². The second-order valence-corrected chi connectivity index (χ2v) is 13.8. The maximum atomic E-state index is 13.5. The Morgan fingerprint density at radius 1 is 0.961 bits per heavy atom. The molecule has 0 saturated carbocycles. The number of halogens is 1. The van der Waals surface area contributed by atoms with Gasteiger partial charge in [0.15, 0.2) is 11.5 Å². The summed E-state index contributed by atoms with van der Waals surface area (Å²) in [6.45, 7) is 3.71. The highest BCUT2D eigenvalue weighted by Crippen LogP contribution is 2.33. The molecule has 5 heterocycles. The van der Waals surface area contributed by atoms with E-state index in [0.717, 1.165) is 37.3 Å². The van der Waals surface area contributed by atoms with Crippen molar-refractivity contribution in [3.05, 3.63) is 118 Å². The van der Waals surface area contributed by atoms with Gasteiger partial charge in [0.25, 0.3) is 5.91 Å². The molecule has 3 aromatic carbocycles. The number of carbonyl (C=O) groups is 2. The fourth-order valence-corrected chi connectivity index (χ4v) is 7.59. The number of ether oxygens (including phenoxy) is 2. The molecule has 0 bridgehead atoms. The highest BCUT2D eigenvalue weighted by atomic mass is 79.9. The highest BCUT2D eigenvalue weighted by molar-refractivity contribution is 9.10. The average Bonchev–Trinajstić information content (AvgIpc) is 3.88. The summed E-state index contributed by atoms with van der Waals surface area (Å²) >= 11 is 3.45. The van der Waals surface area contributed by atoms with Crippen LogP contribution < -0.4 is 4.74 Å². The van der Waals surface area contributed by atoms with Crippen LogP contribution >= 0.6 is 15.9 Å². The van der Waals surface area contributed by atoms with Gasteiger partial charge < -0.3 is 23.5 Å². The maximum absolute atomic E-state index is 13.5. The van der Waals surface area contributed by atoms with Crippen molar-refractivity contribution in [2.75, 3.05) is 33.4 Å². The third-order valence-electron chi connectivity index (χ3n) is 9.64. The van der Waals surface area contributed by atoms with E-state index >= 15 is 0 Å². The number of amides is 1. The fourth-order valence-electron chi connectivity index (χ4n) is 7.08. The largest absolute Gasteiger partial charge is 0.490 e. The lowest BCUT2D eigenvalue weighted by Gasteiger charge is -2.30. The molecule has 0 spiro atoms. The molecule has 1 fully saturated rings. The molecule has 1 saturated heterocycles. The molecule has 6 aromatic rings. The Bertz CT molecular complexity index is 2200. The minimum absolute atomic E-state index is 0.231. The number of esters is 1. The molecule has 2 aliphatic rings. The van der Waals surface area contributed by atoms with Gasteiger partial charge in [0.1, 0.15) is 23.6 Å². The van der Waals surface area contributed by atoms with Gasteiger partial charge in [0.05, 0.1) is 39.0 Å². The lowest BCUT2D eigenvalue weighted by Crippen LogP contribution is -2.34. The zero-order valence-electron chi connectivity index (χ0n) is 28.1. The van der Waals surface area contributed by atoms with E-state index in [0.29, 0.717) is 46.7 Å². The van der Waals surface area contributed by atoms with Crippen LogP contribution in [-0.4, -0.2) is 79.7 Å². The molecule has 0 atom stereocenters. The predicted octanol–water partition coefficient (Wildman–Crippen LogP) is 6.36. The van der Waals surface area contributed by atoms with Crippen LogP contribution in [0.25, 0.3) is 22.2 Å². The number of fused-ring (bicyclic) bond motifs is 2. The number of methoxy groups -OCH3 is 1. The van der Waals surface area contributed by atoms with Crippen LogP contribution in [0.1, 0.15) is 56.7 Å². The third-order valence-corrected chi connectivity index (χ3v) is 10.1. The van der Waals surface area contributed by atoms with Gasteiger partial charge in [-0.15, -0.1) is 5.10 Å². The summed E-state index contributed by atoms with van der Waals surface area (Å²) in [6.07, 6.45) is 3.92. The lowest BCUT2D eigenvalue weighted by atomic mass is 10.1. The lowest BCUT2D eigenvalue weighted by molar-refractivity contribution is 0.0594. The Labute approximate surface area is 302 Å². The number of hydrogen-bond acceptors (Lipinski definition) is 9. The Hall–Kier alpha value is -5.27. The quantitative estimate of drug-likeness (QED) is 0.164. The molecule has 0 unspecified atom stereocenters. The minimum Gasteiger partial charge on any atom is -0.490 e. The Kier molecular flexibility index (Phi) is 9.13. The molecule has 0 N–H and O–H groups in total. The van der Waals surface area contributed by atoms with Crippen LogP contribution in [0.5, 0.6) is 5.75 Å². The molecule has 0 aliphatic carbocycles.